The molecule has 1 heteroatoms. The third-order valence-electron chi connectivity index (χ3n) is 4.17. The van der Waals surface area contributed by atoms with E-state index in [1.54, 1.807) is 0 Å². The van der Waals surface area contributed by atoms with Gasteiger partial charge in [0.1, 0.15) is 0 Å². The van der Waals surface area contributed by atoms with Gasteiger partial charge in [-0.3, -0.25) is 0 Å². The number of benzene rings is 2. The number of H-pyrrole nitrogens is 1. The quantitative estimate of drug-likeness (QED) is 0.665. The van der Waals surface area contributed by atoms with Crippen LogP contribution in [0.1, 0.15) is 38.4 Å². The monoisotopic (exact) mass is 329 g/mol. The number of aromatic nitrogens is 1. The molecule has 1 nitrogen and oxygen atoms in total. The van der Waals surface area contributed by atoms with Crippen molar-refractivity contribution < 1.29 is 0 Å². The van der Waals surface area contributed by atoms with Gasteiger partial charge in [-0.15, -0.1) is 0 Å². The summed E-state index contributed by atoms with van der Waals surface area (Å²) < 4.78 is 0. The van der Waals surface area contributed by atoms with Crippen molar-refractivity contribution in [2.45, 2.75) is 27.2 Å². The Morgan fingerprint density at radius 3 is 2.44 bits per heavy atom. The van der Waals surface area contributed by atoms with Crippen LogP contribution in [0, 0.1) is 10.6 Å². The number of hydrogen-bond donors (Lipinski definition) is 1. The van der Waals surface area contributed by atoms with E-state index >= 15 is 0 Å². The fraction of sp³-hybridized carbons (Fsp3) is 0.167. The first-order valence-electron chi connectivity index (χ1n) is 8.88. The predicted octanol–water partition coefficient (Wildman–Crippen LogP) is 5.37. The van der Waals surface area contributed by atoms with E-state index in [-0.39, 0.29) is 0 Å². The van der Waals surface area contributed by atoms with Crippen LogP contribution in [0.4, 0.5) is 0 Å². The van der Waals surface area contributed by atoms with E-state index in [1.807, 2.05) is 19.9 Å². The number of hydrogen-bond acceptors (Lipinski definition) is 0. The van der Waals surface area contributed by atoms with Crippen molar-refractivity contribution >= 4 is 36.1 Å². The molecule has 0 aliphatic rings. The van der Waals surface area contributed by atoms with Crippen molar-refractivity contribution in [1.82, 2.24) is 4.98 Å². The summed E-state index contributed by atoms with van der Waals surface area (Å²) in [5.41, 5.74) is 2.10. The van der Waals surface area contributed by atoms with Crippen LogP contribution < -0.4 is 10.4 Å². The lowest BCUT2D eigenvalue weighted by Crippen LogP contribution is -2.07. The highest BCUT2D eigenvalue weighted by molar-refractivity contribution is 5.83. The van der Waals surface area contributed by atoms with Crippen LogP contribution in [0.5, 0.6) is 0 Å². The highest BCUT2D eigenvalue weighted by Gasteiger charge is 2.04. The minimum Gasteiger partial charge on any atom is -0.354 e. The zero-order chi connectivity index (χ0) is 18.4. The normalized spacial score (nSPS) is 12.1. The number of aromatic amines is 1. The van der Waals surface area contributed by atoms with Crippen molar-refractivity contribution in [2.75, 3.05) is 0 Å². The molecule has 25 heavy (non-hydrogen) atoms. The van der Waals surface area contributed by atoms with Gasteiger partial charge in [0.2, 0.25) is 0 Å². The van der Waals surface area contributed by atoms with Gasteiger partial charge >= 0.3 is 0 Å². The molecule has 3 aromatic rings. The van der Waals surface area contributed by atoms with Crippen LogP contribution in [0.3, 0.4) is 0 Å². The number of rotatable bonds is 3. The summed E-state index contributed by atoms with van der Waals surface area (Å²) in [5, 5.41) is 6.50. The SMILES string of the molecule is C=Cc1c(/C=C\CC)[nH]/c(=c2/c(=C)ccc3ccccc23)c1=C.CC. The van der Waals surface area contributed by atoms with Crippen LogP contribution in [-0.4, -0.2) is 4.98 Å². The predicted molar refractivity (Wildman–Crippen MR) is 113 cm³/mol. The molecule has 3 rings (SSSR count). The molecule has 1 N–H and O–H groups in total. The molecule has 0 unspecified atom stereocenters. The standard InChI is InChI=1S/C22H21N.C2H6/c1-5-7-12-20-18(6-2)16(4)22(23-20)21-15(3)13-14-17-10-8-9-11-19(17)21;1-2/h6-14,23H,2-5H2,1H3;1-2H3/b12-7-,22-21-;. The summed E-state index contributed by atoms with van der Waals surface area (Å²) in [4.78, 5) is 3.52. The van der Waals surface area contributed by atoms with Gasteiger partial charge in [0.25, 0.3) is 0 Å². The van der Waals surface area contributed by atoms with Gasteiger partial charge in [-0.05, 0) is 28.5 Å². The van der Waals surface area contributed by atoms with Crippen LogP contribution >= 0.6 is 0 Å². The third-order valence-corrected chi connectivity index (χ3v) is 4.17. The summed E-state index contributed by atoms with van der Waals surface area (Å²) in [7, 11) is 0. The fourth-order valence-corrected chi connectivity index (χ4v) is 3.00. The first-order valence-corrected chi connectivity index (χ1v) is 8.88. The Balaban J connectivity index is 0.00000109. The molecule has 0 saturated carbocycles. The van der Waals surface area contributed by atoms with Crippen molar-refractivity contribution in [3.05, 3.63) is 81.3 Å². The second-order valence-electron chi connectivity index (χ2n) is 5.64. The lowest BCUT2D eigenvalue weighted by molar-refractivity contribution is 1.22. The van der Waals surface area contributed by atoms with Crippen molar-refractivity contribution in [2.24, 2.45) is 0 Å². The molecule has 0 aliphatic heterocycles. The molecule has 0 spiro atoms. The van der Waals surface area contributed by atoms with Crippen LogP contribution in [0.15, 0.2) is 49.1 Å². The molecule has 0 aliphatic carbocycles. The largest absolute Gasteiger partial charge is 0.354 e. The Kier molecular flexibility index (Phi) is 6.19. The Bertz CT molecular complexity index is 1100. The van der Waals surface area contributed by atoms with Crippen molar-refractivity contribution in [3.8, 4) is 0 Å². The average Bonchev–Trinajstić information content (AvgIpc) is 2.96. The number of allylic oxidation sites excluding steroid dienone is 1. The Morgan fingerprint density at radius 2 is 1.76 bits per heavy atom. The summed E-state index contributed by atoms with van der Waals surface area (Å²) in [5.74, 6) is 0. The molecule has 0 saturated heterocycles. The Hall–Kier alpha value is -2.80. The lowest BCUT2D eigenvalue weighted by Gasteiger charge is -1.98. The van der Waals surface area contributed by atoms with E-state index in [0.717, 1.165) is 38.7 Å². The average molecular weight is 329 g/mol. The highest BCUT2D eigenvalue weighted by Crippen LogP contribution is 2.13. The van der Waals surface area contributed by atoms with Crippen LogP contribution in [-0.2, 0) is 0 Å². The molecular weight excluding hydrogens is 302 g/mol. The molecule has 0 atom stereocenters. The Morgan fingerprint density at radius 1 is 1.04 bits per heavy atom. The second kappa shape index (κ2) is 8.34. The van der Waals surface area contributed by atoms with E-state index < -0.39 is 0 Å². The van der Waals surface area contributed by atoms with Gasteiger partial charge in [-0.1, -0.05) is 89.1 Å². The van der Waals surface area contributed by atoms with Crippen molar-refractivity contribution in [3.63, 3.8) is 0 Å². The van der Waals surface area contributed by atoms with Gasteiger partial charge in [-0.2, -0.15) is 0 Å². The van der Waals surface area contributed by atoms with Crippen LogP contribution in [0.25, 0.3) is 36.1 Å². The van der Waals surface area contributed by atoms with Gasteiger partial charge in [0, 0.05) is 21.7 Å². The maximum Gasteiger partial charge on any atom is 0.0544 e. The maximum absolute atomic E-state index is 4.28. The first kappa shape index (κ1) is 18.5. The van der Waals surface area contributed by atoms with E-state index in [9.17, 15) is 0 Å². The summed E-state index contributed by atoms with van der Waals surface area (Å²) >= 11 is 0. The highest BCUT2D eigenvalue weighted by atomic mass is 14.7. The van der Waals surface area contributed by atoms with Gasteiger partial charge in [0.05, 0.1) is 5.35 Å². The zero-order valence-electron chi connectivity index (χ0n) is 15.5. The smallest absolute Gasteiger partial charge is 0.0544 e. The molecule has 1 heterocycles. The van der Waals surface area contributed by atoms with Crippen LogP contribution in [0.2, 0.25) is 0 Å². The van der Waals surface area contributed by atoms with Crippen molar-refractivity contribution in [1.29, 1.82) is 0 Å². The molecule has 0 amide bonds. The second-order valence-corrected chi connectivity index (χ2v) is 5.64. The molecule has 128 valence electrons. The van der Waals surface area contributed by atoms with E-state index in [4.69, 9.17) is 0 Å². The minimum atomic E-state index is 0.969. The van der Waals surface area contributed by atoms with Gasteiger partial charge in [-0.25, -0.2) is 0 Å². The zero-order valence-corrected chi connectivity index (χ0v) is 15.5. The topological polar surface area (TPSA) is 15.8 Å². The van der Waals surface area contributed by atoms with Gasteiger partial charge < -0.3 is 4.98 Å². The van der Waals surface area contributed by atoms with E-state index in [1.165, 1.54) is 10.8 Å². The molecule has 1 aromatic heterocycles. The number of fused-ring (bicyclic) bond motifs is 1. The van der Waals surface area contributed by atoms with E-state index in [2.05, 4.69) is 80.2 Å². The first-order chi connectivity index (χ1) is 12.2. The third kappa shape index (κ3) is 3.51. The van der Waals surface area contributed by atoms with Gasteiger partial charge in [0.15, 0.2) is 0 Å². The fourth-order valence-electron chi connectivity index (χ4n) is 3.00. The molecule has 0 radical (unpaired) electrons. The van der Waals surface area contributed by atoms with E-state index in [0.29, 0.717) is 0 Å². The molecular formula is C24H27N. The molecule has 0 bridgehead atoms. The molecule has 0 fully saturated rings. The summed E-state index contributed by atoms with van der Waals surface area (Å²) in [6.45, 7) is 18.6. The molecule has 2 aromatic carbocycles. The maximum atomic E-state index is 4.28. The summed E-state index contributed by atoms with van der Waals surface area (Å²) in [6, 6.07) is 12.5. The Labute approximate surface area is 150 Å². The lowest BCUT2D eigenvalue weighted by atomic mass is 10.1. The number of nitrogens with one attached hydrogen (secondary N) is 1. The summed E-state index contributed by atoms with van der Waals surface area (Å²) in [6.07, 6.45) is 7.09. The minimum absolute atomic E-state index is 0.969.